The average molecular weight is 370 g/mol. The largest absolute Gasteiger partial charge is 0.491 e. The summed E-state index contributed by atoms with van der Waals surface area (Å²) in [5.41, 5.74) is -3.68. The van der Waals surface area contributed by atoms with Crippen LogP contribution < -0.4 is 10.1 Å². The summed E-state index contributed by atoms with van der Waals surface area (Å²) in [4.78, 5) is 11.4. The van der Waals surface area contributed by atoms with Crippen LogP contribution in [0.4, 0.5) is 13.2 Å². The van der Waals surface area contributed by atoms with Crippen LogP contribution in [-0.4, -0.2) is 28.8 Å². The van der Waals surface area contributed by atoms with E-state index in [-0.39, 0.29) is 5.91 Å². The molecule has 1 aliphatic rings. The number of carbonyl (C=O) groups is 1. The van der Waals surface area contributed by atoms with Crippen molar-refractivity contribution in [2.45, 2.75) is 10.4 Å². The van der Waals surface area contributed by atoms with Gasteiger partial charge in [-0.3, -0.25) is 4.79 Å². The molecule has 1 aliphatic heterocycles. The number of ether oxygens (including phenoxy) is 1. The summed E-state index contributed by atoms with van der Waals surface area (Å²) in [6, 6.07) is 9.58. The van der Waals surface area contributed by atoms with E-state index in [1.54, 1.807) is 18.2 Å². The molecule has 0 radical (unpaired) electrons. The fourth-order valence-corrected chi connectivity index (χ4v) is 3.19. The lowest BCUT2D eigenvalue weighted by atomic mass is 10.0. The lowest BCUT2D eigenvalue weighted by molar-refractivity contribution is -0.0406. The number of hydrogen-bond acceptors (Lipinski definition) is 4. The first-order valence-electron chi connectivity index (χ1n) is 7.21. The fraction of sp³-hybridized carbons (Fsp3) is 0.188. The van der Waals surface area contributed by atoms with Gasteiger partial charge in [0.25, 0.3) is 5.91 Å². The van der Waals surface area contributed by atoms with Crippen LogP contribution in [0, 0.1) is 4.78 Å². The van der Waals surface area contributed by atoms with Gasteiger partial charge in [-0.15, -0.1) is 0 Å². The van der Waals surface area contributed by atoms with E-state index in [1.165, 1.54) is 12.1 Å². The molecule has 2 N–H and O–H groups in total. The fourth-order valence-electron chi connectivity index (χ4n) is 2.41. The maximum atomic E-state index is 12.7. The molecule has 0 spiro atoms. The zero-order chi connectivity index (χ0) is 18.2. The number of fused-ring (bicyclic) bond motifs is 1. The summed E-state index contributed by atoms with van der Waals surface area (Å²) < 4.78 is 62.2. The Balaban J connectivity index is 1.98. The predicted molar refractivity (Wildman–Crippen MR) is 84.9 cm³/mol. The number of nitrogens with one attached hydrogen (secondary N) is 2. The van der Waals surface area contributed by atoms with Gasteiger partial charge in [-0.25, -0.2) is 8.99 Å². The van der Waals surface area contributed by atoms with Gasteiger partial charge in [0.15, 0.2) is 9.73 Å². The minimum absolute atomic E-state index is 0.294. The maximum Gasteiger partial charge on any atom is 0.483 e. The van der Waals surface area contributed by atoms with Crippen LogP contribution in [0.25, 0.3) is 11.1 Å². The van der Waals surface area contributed by atoms with E-state index < -0.39 is 20.1 Å². The Morgan fingerprint density at radius 3 is 2.36 bits per heavy atom. The first-order chi connectivity index (χ1) is 11.7. The number of amides is 1. The number of benzene rings is 2. The molecule has 2 aromatic rings. The number of hydrogen-bond donors (Lipinski definition) is 2. The summed E-state index contributed by atoms with van der Waals surface area (Å²) in [5.74, 6) is 0.138. The third kappa shape index (κ3) is 3.19. The molecule has 0 saturated heterocycles. The van der Waals surface area contributed by atoms with Crippen LogP contribution >= 0.6 is 0 Å². The van der Waals surface area contributed by atoms with Crippen molar-refractivity contribution in [2.75, 3.05) is 13.2 Å². The molecule has 25 heavy (non-hydrogen) atoms. The second-order valence-electron chi connectivity index (χ2n) is 5.34. The van der Waals surface area contributed by atoms with Crippen molar-refractivity contribution in [1.29, 1.82) is 4.78 Å². The quantitative estimate of drug-likeness (QED) is 0.850. The Hall–Kier alpha value is -2.55. The van der Waals surface area contributed by atoms with Gasteiger partial charge >= 0.3 is 5.51 Å². The molecule has 3 rings (SSSR count). The molecule has 0 saturated carbocycles. The predicted octanol–water partition coefficient (Wildman–Crippen LogP) is 3.40. The second-order valence-corrected chi connectivity index (χ2v) is 7.39. The monoisotopic (exact) mass is 370 g/mol. The highest BCUT2D eigenvalue weighted by atomic mass is 32.2. The molecule has 0 aliphatic carbocycles. The highest BCUT2D eigenvalue weighted by Gasteiger charge is 2.43. The standard InChI is InChI=1S/C16H13F3N2O3S/c17-16(18,19)25(20,23)12-4-1-10(2-5-12)11-3-6-14-13(9-11)15(22)21-7-8-24-14/h1-6,9,20H,7-8H2,(H,21,22). The van der Waals surface area contributed by atoms with Crippen LogP contribution in [0.1, 0.15) is 10.4 Å². The van der Waals surface area contributed by atoms with Gasteiger partial charge in [0.2, 0.25) is 0 Å². The normalized spacial score (nSPS) is 16.8. The van der Waals surface area contributed by atoms with Crippen molar-refractivity contribution >= 4 is 15.6 Å². The first kappa shape index (κ1) is 17.3. The number of carbonyl (C=O) groups excluding carboxylic acids is 1. The average Bonchev–Trinajstić information content (AvgIpc) is 2.75. The smallest absolute Gasteiger partial charge is 0.483 e. The molecule has 0 aromatic heterocycles. The molecule has 2 aromatic carbocycles. The Bertz CT molecular complexity index is 923. The van der Waals surface area contributed by atoms with Gasteiger partial charge < -0.3 is 10.1 Å². The first-order valence-corrected chi connectivity index (χ1v) is 8.76. The van der Waals surface area contributed by atoms with Crippen molar-refractivity contribution < 1.29 is 26.9 Å². The van der Waals surface area contributed by atoms with Crippen LogP contribution in [0.3, 0.4) is 0 Å². The third-order valence-corrected chi connectivity index (χ3v) is 5.30. The van der Waals surface area contributed by atoms with Crippen molar-refractivity contribution in [3.8, 4) is 16.9 Å². The molecule has 1 unspecified atom stereocenters. The Morgan fingerprint density at radius 1 is 1.08 bits per heavy atom. The van der Waals surface area contributed by atoms with E-state index in [2.05, 4.69) is 5.32 Å². The Kier molecular flexibility index (Phi) is 4.19. The van der Waals surface area contributed by atoms with Gasteiger partial charge in [-0.05, 0) is 35.4 Å². The highest BCUT2D eigenvalue weighted by Crippen LogP contribution is 2.33. The van der Waals surface area contributed by atoms with Gasteiger partial charge in [-0.2, -0.15) is 13.2 Å². The van der Waals surface area contributed by atoms with Crippen LogP contribution in [0.5, 0.6) is 5.75 Å². The van der Waals surface area contributed by atoms with E-state index >= 15 is 0 Å². The van der Waals surface area contributed by atoms with Crippen molar-refractivity contribution in [2.24, 2.45) is 0 Å². The SMILES string of the molecule is N=S(=O)(c1ccc(-c2ccc3c(c2)C(=O)NCCO3)cc1)C(F)(F)F. The molecular formula is C16H13F3N2O3S. The summed E-state index contributed by atoms with van der Waals surface area (Å²) in [5, 5.41) is 2.67. The third-order valence-electron chi connectivity index (χ3n) is 3.71. The lowest BCUT2D eigenvalue weighted by Crippen LogP contribution is -2.24. The van der Waals surface area contributed by atoms with E-state index in [0.29, 0.717) is 35.6 Å². The van der Waals surface area contributed by atoms with Gasteiger partial charge in [0.05, 0.1) is 17.0 Å². The molecule has 0 fully saturated rings. The van der Waals surface area contributed by atoms with Crippen LogP contribution in [0.15, 0.2) is 47.4 Å². The zero-order valence-corrected chi connectivity index (χ0v) is 13.5. The number of rotatable bonds is 2. The highest BCUT2D eigenvalue weighted by molar-refractivity contribution is 7.93. The number of alkyl halides is 3. The molecule has 1 amide bonds. The summed E-state index contributed by atoms with van der Waals surface area (Å²) in [6.07, 6.45) is 0. The molecule has 9 heteroatoms. The summed E-state index contributed by atoms with van der Waals surface area (Å²) in [6.45, 7) is 0.731. The topological polar surface area (TPSA) is 79.2 Å². The van der Waals surface area contributed by atoms with Crippen molar-refractivity contribution in [3.63, 3.8) is 0 Å². The second kappa shape index (κ2) is 6.07. The molecule has 132 valence electrons. The molecule has 0 bridgehead atoms. The molecule has 1 heterocycles. The van der Waals surface area contributed by atoms with Crippen molar-refractivity contribution in [1.82, 2.24) is 5.32 Å². The minimum Gasteiger partial charge on any atom is -0.491 e. The number of halogens is 3. The Morgan fingerprint density at radius 2 is 1.72 bits per heavy atom. The summed E-state index contributed by atoms with van der Waals surface area (Å²) >= 11 is 0. The van der Waals surface area contributed by atoms with Gasteiger partial charge in [0, 0.05) is 0 Å². The minimum atomic E-state index is -5.13. The maximum absolute atomic E-state index is 12.7. The molecular weight excluding hydrogens is 357 g/mol. The van der Waals surface area contributed by atoms with Crippen LogP contribution in [-0.2, 0) is 9.73 Å². The Labute approximate surface area is 141 Å². The van der Waals surface area contributed by atoms with E-state index in [9.17, 15) is 22.2 Å². The summed E-state index contributed by atoms with van der Waals surface area (Å²) in [7, 11) is -4.89. The zero-order valence-electron chi connectivity index (χ0n) is 12.7. The van der Waals surface area contributed by atoms with E-state index in [1.807, 2.05) is 0 Å². The van der Waals surface area contributed by atoms with Crippen molar-refractivity contribution in [3.05, 3.63) is 48.0 Å². The molecule has 5 nitrogen and oxygen atoms in total. The van der Waals surface area contributed by atoms with Crippen LogP contribution in [0.2, 0.25) is 0 Å². The van der Waals surface area contributed by atoms with Gasteiger partial charge in [-0.1, -0.05) is 18.2 Å². The lowest BCUT2D eigenvalue weighted by Gasteiger charge is -2.12. The van der Waals surface area contributed by atoms with E-state index in [0.717, 1.165) is 12.1 Å². The van der Waals surface area contributed by atoms with Gasteiger partial charge in [0.1, 0.15) is 12.4 Å². The molecule has 1 atom stereocenters. The van der Waals surface area contributed by atoms with E-state index in [4.69, 9.17) is 9.52 Å².